The van der Waals surface area contributed by atoms with E-state index in [2.05, 4.69) is 29.0 Å². The van der Waals surface area contributed by atoms with E-state index in [9.17, 15) is 0 Å². The Hall–Kier alpha value is -3.58. The number of hydrogen-bond acceptors (Lipinski definition) is 4. The molecule has 0 saturated heterocycles. The Bertz CT molecular complexity index is 1520. The Morgan fingerprint density at radius 1 is 0.842 bits per heavy atom. The maximum atomic E-state index is 6.17. The molecule has 4 aromatic carbocycles. The van der Waals surface area contributed by atoms with Crippen LogP contribution in [-0.2, 0) is 6.54 Å². The monoisotopic (exact) mass is 558 g/mol. The van der Waals surface area contributed by atoms with Gasteiger partial charge in [-0.05, 0) is 60.7 Å². The molecule has 1 N–H and O–H groups in total. The van der Waals surface area contributed by atoms with Gasteiger partial charge >= 0.3 is 5.82 Å². The van der Waals surface area contributed by atoms with Crippen LogP contribution in [0.5, 0.6) is 0 Å². The Morgan fingerprint density at radius 2 is 1.45 bits per heavy atom. The van der Waals surface area contributed by atoms with Gasteiger partial charge < -0.3 is 0 Å². The fourth-order valence-corrected chi connectivity index (χ4v) is 5.15. The number of aromatic nitrogens is 3. The first-order valence-electron chi connectivity index (χ1n) is 12.2. The highest BCUT2D eigenvalue weighted by molar-refractivity contribution is 8.14. The quantitative estimate of drug-likeness (QED) is 0.0920. The third kappa shape index (κ3) is 6.27. The second-order valence-electron chi connectivity index (χ2n) is 8.53. The Morgan fingerprint density at radius 3 is 2.11 bits per heavy atom. The van der Waals surface area contributed by atoms with Crippen LogP contribution < -0.4 is 9.99 Å². The first kappa shape index (κ1) is 26.0. The highest BCUT2D eigenvalue weighted by atomic mass is 35.5. The number of nitrogens with one attached hydrogen (secondary N) is 1. The molecular formula is C30H26Cl2N5S+. The van der Waals surface area contributed by atoms with Crippen LogP contribution >= 0.6 is 35.0 Å². The van der Waals surface area contributed by atoms with Crippen LogP contribution in [0, 0.1) is 6.92 Å². The van der Waals surface area contributed by atoms with Crippen molar-refractivity contribution in [3.8, 4) is 17.1 Å². The van der Waals surface area contributed by atoms with Gasteiger partial charge in [0.25, 0.3) is 0 Å². The van der Waals surface area contributed by atoms with Gasteiger partial charge in [-0.3, -0.25) is 5.43 Å². The SMILES string of the molecule is Cc1n(-c2ccccc2)nc(-c2ccc(Cl)cc2)[n+]1CCS/C(=N/Nc1ccccc1)c1ccc(Cl)cc1. The summed E-state index contributed by atoms with van der Waals surface area (Å²) in [5, 5.41) is 12.0. The normalized spacial score (nSPS) is 11.5. The van der Waals surface area contributed by atoms with Crippen LogP contribution in [-0.4, -0.2) is 20.6 Å². The number of anilines is 1. The Balaban J connectivity index is 1.43. The summed E-state index contributed by atoms with van der Waals surface area (Å²) in [5.74, 6) is 2.70. The minimum atomic E-state index is 0.696. The van der Waals surface area contributed by atoms with E-state index in [4.69, 9.17) is 33.4 Å². The van der Waals surface area contributed by atoms with Crippen molar-refractivity contribution < 1.29 is 4.57 Å². The van der Waals surface area contributed by atoms with Crippen LogP contribution in [0.15, 0.2) is 114 Å². The molecule has 0 saturated carbocycles. The van der Waals surface area contributed by atoms with Gasteiger partial charge in [0.05, 0.1) is 22.9 Å². The van der Waals surface area contributed by atoms with Gasteiger partial charge in [0, 0.05) is 28.3 Å². The van der Waals surface area contributed by atoms with Crippen LogP contribution in [0.4, 0.5) is 5.69 Å². The fraction of sp³-hybridized carbons (Fsp3) is 0.100. The summed E-state index contributed by atoms with van der Waals surface area (Å²) in [5.41, 5.74) is 7.14. The van der Waals surface area contributed by atoms with Crippen LogP contribution in [0.25, 0.3) is 17.1 Å². The molecule has 0 unspecified atom stereocenters. The van der Waals surface area contributed by atoms with E-state index in [1.165, 1.54) is 0 Å². The van der Waals surface area contributed by atoms with Crippen LogP contribution in [0.2, 0.25) is 10.0 Å². The lowest BCUT2D eigenvalue weighted by Gasteiger charge is -2.09. The van der Waals surface area contributed by atoms with Crippen molar-refractivity contribution >= 4 is 45.7 Å². The minimum Gasteiger partial charge on any atom is -0.277 e. The van der Waals surface area contributed by atoms with Gasteiger partial charge in [0.1, 0.15) is 10.7 Å². The Kier molecular flexibility index (Phi) is 8.44. The summed E-state index contributed by atoms with van der Waals surface area (Å²) in [6, 6.07) is 35.7. The largest absolute Gasteiger partial charge is 0.309 e. The number of rotatable bonds is 8. The van der Waals surface area contributed by atoms with Gasteiger partial charge in [-0.15, -0.1) is 11.8 Å². The second kappa shape index (κ2) is 12.3. The van der Waals surface area contributed by atoms with Crippen LogP contribution in [0.1, 0.15) is 11.4 Å². The van der Waals surface area contributed by atoms with Gasteiger partial charge in [-0.25, -0.2) is 4.57 Å². The van der Waals surface area contributed by atoms with E-state index in [1.807, 2.05) is 102 Å². The van der Waals surface area contributed by atoms with E-state index in [1.54, 1.807) is 11.8 Å². The molecule has 5 rings (SSSR count). The van der Waals surface area contributed by atoms with Gasteiger partial charge in [0.2, 0.25) is 5.82 Å². The van der Waals surface area contributed by atoms with E-state index < -0.39 is 0 Å². The molecule has 190 valence electrons. The average Bonchev–Trinajstić information content (AvgIpc) is 3.28. The predicted octanol–water partition coefficient (Wildman–Crippen LogP) is 7.65. The number of hydrazone groups is 1. The minimum absolute atomic E-state index is 0.696. The number of nitrogens with zero attached hydrogens (tertiary/aromatic N) is 4. The molecule has 0 atom stereocenters. The number of benzene rings is 4. The summed E-state index contributed by atoms with van der Waals surface area (Å²) in [4.78, 5) is 0. The highest BCUT2D eigenvalue weighted by Crippen LogP contribution is 2.21. The predicted molar refractivity (Wildman–Crippen MR) is 159 cm³/mol. The number of para-hydroxylation sites is 2. The molecule has 8 heteroatoms. The fourth-order valence-electron chi connectivity index (χ4n) is 4.02. The molecular weight excluding hydrogens is 533 g/mol. The lowest BCUT2D eigenvalue weighted by Crippen LogP contribution is -2.39. The molecule has 5 aromatic rings. The lowest BCUT2D eigenvalue weighted by molar-refractivity contribution is -0.688. The molecule has 0 aliphatic rings. The topological polar surface area (TPSA) is 46.1 Å². The van der Waals surface area contributed by atoms with Crippen molar-refractivity contribution in [3.63, 3.8) is 0 Å². The molecule has 1 heterocycles. The third-order valence-corrected chi connectivity index (χ3v) is 7.45. The second-order valence-corrected chi connectivity index (χ2v) is 10.5. The maximum absolute atomic E-state index is 6.17. The van der Waals surface area contributed by atoms with Gasteiger partial charge in [0.15, 0.2) is 0 Å². The van der Waals surface area contributed by atoms with Crippen molar-refractivity contribution in [2.45, 2.75) is 13.5 Å². The summed E-state index contributed by atoms with van der Waals surface area (Å²) in [6.07, 6.45) is 0. The van der Waals surface area contributed by atoms with Crippen molar-refractivity contribution in [2.24, 2.45) is 5.10 Å². The zero-order valence-corrected chi connectivity index (χ0v) is 23.1. The molecule has 0 amide bonds. The molecule has 0 aliphatic carbocycles. The Labute approximate surface area is 236 Å². The summed E-state index contributed by atoms with van der Waals surface area (Å²) in [7, 11) is 0. The standard InChI is InChI=1S/C30H26Cl2N5S/c1-22-36(29(23-12-16-25(31)17-13-23)35-37(22)28-10-6-3-7-11-28)20-21-38-30(24-14-18-26(32)19-15-24)34-33-27-8-4-2-5-9-27/h2-19,33H,20-21H2,1H3/q+1/b34-30+. The summed E-state index contributed by atoms with van der Waals surface area (Å²) in [6.45, 7) is 2.83. The number of thioether (sulfide) groups is 1. The van der Waals surface area contributed by atoms with Crippen molar-refractivity contribution in [1.29, 1.82) is 0 Å². The van der Waals surface area contributed by atoms with E-state index in [0.717, 1.165) is 51.5 Å². The molecule has 38 heavy (non-hydrogen) atoms. The molecule has 1 aromatic heterocycles. The first-order chi connectivity index (χ1) is 18.6. The van der Waals surface area contributed by atoms with Gasteiger partial charge in [-0.1, -0.05) is 76.4 Å². The summed E-state index contributed by atoms with van der Waals surface area (Å²) < 4.78 is 4.23. The highest BCUT2D eigenvalue weighted by Gasteiger charge is 2.25. The average molecular weight is 560 g/mol. The zero-order valence-electron chi connectivity index (χ0n) is 20.8. The maximum Gasteiger partial charge on any atom is 0.309 e. The van der Waals surface area contributed by atoms with E-state index in [-0.39, 0.29) is 0 Å². The van der Waals surface area contributed by atoms with Crippen molar-refractivity contribution in [3.05, 3.63) is 131 Å². The molecule has 0 bridgehead atoms. The molecule has 5 nitrogen and oxygen atoms in total. The first-order valence-corrected chi connectivity index (χ1v) is 13.9. The lowest BCUT2D eigenvalue weighted by atomic mass is 10.2. The molecule has 0 spiro atoms. The van der Waals surface area contributed by atoms with E-state index >= 15 is 0 Å². The van der Waals surface area contributed by atoms with Gasteiger partial charge in [-0.2, -0.15) is 5.10 Å². The van der Waals surface area contributed by atoms with E-state index in [0.29, 0.717) is 10.0 Å². The smallest absolute Gasteiger partial charge is 0.277 e. The van der Waals surface area contributed by atoms with Crippen molar-refractivity contribution in [1.82, 2.24) is 9.78 Å². The van der Waals surface area contributed by atoms with Crippen molar-refractivity contribution in [2.75, 3.05) is 11.2 Å². The molecule has 0 fully saturated rings. The molecule has 0 aliphatic heterocycles. The third-order valence-electron chi connectivity index (χ3n) is 5.96. The number of hydrogen-bond donors (Lipinski definition) is 1. The zero-order chi connectivity index (χ0) is 26.3. The number of halogens is 2. The van der Waals surface area contributed by atoms with Crippen LogP contribution in [0.3, 0.4) is 0 Å². The summed E-state index contributed by atoms with van der Waals surface area (Å²) >= 11 is 14.0. The molecule has 0 radical (unpaired) electrons.